The van der Waals surface area contributed by atoms with E-state index in [1.165, 1.54) is 25.6 Å². The zero-order valence-electron chi connectivity index (χ0n) is 16.3. The van der Waals surface area contributed by atoms with Crippen LogP contribution in [0.1, 0.15) is 38.5 Å². The van der Waals surface area contributed by atoms with Gasteiger partial charge in [-0.05, 0) is 49.1 Å². The lowest BCUT2D eigenvalue weighted by Crippen LogP contribution is -2.18. The second-order valence-electron chi connectivity index (χ2n) is 7.34. The van der Waals surface area contributed by atoms with Gasteiger partial charge in [0.05, 0.1) is 11.3 Å². The van der Waals surface area contributed by atoms with Crippen molar-refractivity contribution in [2.75, 3.05) is 5.32 Å². The van der Waals surface area contributed by atoms with Gasteiger partial charge in [-0.25, -0.2) is 15.0 Å². The summed E-state index contributed by atoms with van der Waals surface area (Å²) in [6.07, 6.45) is 11.5. The van der Waals surface area contributed by atoms with Gasteiger partial charge in [0.15, 0.2) is 0 Å². The summed E-state index contributed by atoms with van der Waals surface area (Å²) in [5.41, 5.74) is 2.24. The molecule has 1 N–H and O–H groups in total. The van der Waals surface area contributed by atoms with Gasteiger partial charge in [-0.1, -0.05) is 25.3 Å². The molecule has 0 radical (unpaired) electrons. The van der Waals surface area contributed by atoms with E-state index in [1.54, 1.807) is 12.4 Å². The Labute approximate surface area is 170 Å². The average molecular weight is 388 g/mol. The van der Waals surface area contributed by atoms with Crippen LogP contribution in [-0.4, -0.2) is 20.9 Å². The van der Waals surface area contributed by atoms with Crippen molar-refractivity contribution in [3.63, 3.8) is 0 Å². The summed E-state index contributed by atoms with van der Waals surface area (Å²) < 4.78 is 6.01. The van der Waals surface area contributed by atoms with Crippen molar-refractivity contribution in [2.45, 2.75) is 38.5 Å². The fourth-order valence-electron chi connectivity index (χ4n) is 3.73. The van der Waals surface area contributed by atoms with Crippen LogP contribution in [-0.2, 0) is 4.79 Å². The summed E-state index contributed by atoms with van der Waals surface area (Å²) in [4.78, 5) is 25.0. The third kappa shape index (κ3) is 5.16. The molecule has 0 aliphatic heterocycles. The lowest BCUT2D eigenvalue weighted by Gasteiger charge is -2.20. The van der Waals surface area contributed by atoms with Crippen LogP contribution in [0.2, 0.25) is 0 Å². The molecule has 1 saturated carbocycles. The second-order valence-corrected chi connectivity index (χ2v) is 7.34. The number of pyridine rings is 1. The number of carbonyl (C=O) groups excluding carboxylic acids is 1. The zero-order valence-corrected chi connectivity index (χ0v) is 16.3. The normalized spacial score (nSPS) is 14.3. The van der Waals surface area contributed by atoms with E-state index in [4.69, 9.17) is 4.74 Å². The number of ether oxygens (including phenoxy) is 1. The molecule has 0 unspecified atom stereocenters. The van der Waals surface area contributed by atoms with E-state index in [0.717, 1.165) is 29.8 Å². The van der Waals surface area contributed by atoms with E-state index >= 15 is 0 Å². The predicted molar refractivity (Wildman–Crippen MR) is 112 cm³/mol. The number of benzene rings is 1. The number of anilines is 1. The zero-order chi connectivity index (χ0) is 19.9. The number of nitrogens with one attached hydrogen (secondary N) is 1. The topological polar surface area (TPSA) is 77.0 Å². The molecule has 0 bridgehead atoms. The minimum absolute atomic E-state index is 0.0635. The molecule has 0 saturated heterocycles. The van der Waals surface area contributed by atoms with Crippen molar-refractivity contribution in [3.05, 3.63) is 61.2 Å². The van der Waals surface area contributed by atoms with Crippen molar-refractivity contribution < 1.29 is 9.53 Å². The quantitative estimate of drug-likeness (QED) is 0.625. The first-order valence-corrected chi connectivity index (χ1v) is 10.1. The molecule has 1 amide bonds. The van der Waals surface area contributed by atoms with E-state index in [9.17, 15) is 4.79 Å². The molecule has 3 aromatic rings. The van der Waals surface area contributed by atoms with E-state index < -0.39 is 0 Å². The number of hydrogen-bond donors (Lipinski definition) is 1. The fraction of sp³-hybridized carbons (Fsp3) is 0.304. The molecule has 2 aromatic heterocycles. The van der Waals surface area contributed by atoms with Crippen LogP contribution in [0, 0.1) is 5.92 Å². The van der Waals surface area contributed by atoms with Crippen molar-refractivity contribution in [3.8, 4) is 22.9 Å². The van der Waals surface area contributed by atoms with Gasteiger partial charge in [0, 0.05) is 30.6 Å². The summed E-state index contributed by atoms with van der Waals surface area (Å²) in [6.45, 7) is 0. The molecular formula is C23H24N4O2. The predicted octanol–water partition coefficient (Wildman–Crippen LogP) is 5.24. The Hall–Kier alpha value is -3.28. The number of hydrogen-bond acceptors (Lipinski definition) is 5. The minimum atomic E-state index is 0.0635. The summed E-state index contributed by atoms with van der Waals surface area (Å²) >= 11 is 0. The molecule has 1 aromatic carbocycles. The second kappa shape index (κ2) is 9.28. The van der Waals surface area contributed by atoms with Crippen LogP contribution >= 0.6 is 0 Å². The molecular weight excluding hydrogens is 364 g/mol. The Kier molecular flexibility index (Phi) is 6.10. The summed E-state index contributed by atoms with van der Waals surface area (Å²) in [5, 5.41) is 3.00. The largest absolute Gasteiger partial charge is 0.438 e. The minimum Gasteiger partial charge on any atom is -0.438 e. The lowest BCUT2D eigenvalue weighted by atomic mass is 9.87. The van der Waals surface area contributed by atoms with E-state index in [-0.39, 0.29) is 5.91 Å². The Morgan fingerprint density at radius 2 is 1.93 bits per heavy atom. The highest BCUT2D eigenvalue weighted by Crippen LogP contribution is 2.31. The summed E-state index contributed by atoms with van der Waals surface area (Å²) in [6, 6.07) is 12.9. The van der Waals surface area contributed by atoms with Crippen molar-refractivity contribution in [1.82, 2.24) is 15.0 Å². The highest BCUT2D eigenvalue weighted by atomic mass is 16.5. The molecule has 1 aliphatic carbocycles. The Bertz CT molecular complexity index is 956. The highest BCUT2D eigenvalue weighted by molar-refractivity contribution is 5.91. The number of aromatic nitrogens is 3. The van der Waals surface area contributed by atoms with E-state index in [1.807, 2.05) is 42.5 Å². The van der Waals surface area contributed by atoms with Gasteiger partial charge >= 0.3 is 0 Å². The third-order valence-electron chi connectivity index (χ3n) is 5.16. The maximum absolute atomic E-state index is 12.4. The standard InChI is InChI=1S/C23H24N4O2/c28-22(14-17-6-2-1-3-7-17)27-18-8-4-9-19(15-18)29-23-20(10-5-12-25-23)21-11-13-24-16-26-21/h4-5,8-13,15-17H,1-3,6-7,14H2,(H,27,28). The number of amides is 1. The Morgan fingerprint density at radius 3 is 2.76 bits per heavy atom. The summed E-state index contributed by atoms with van der Waals surface area (Å²) in [7, 11) is 0. The highest BCUT2D eigenvalue weighted by Gasteiger charge is 2.17. The molecule has 6 heteroatoms. The van der Waals surface area contributed by atoms with Gasteiger partial charge in [-0.2, -0.15) is 0 Å². The first kappa shape index (κ1) is 19.1. The number of rotatable bonds is 6. The van der Waals surface area contributed by atoms with Gasteiger partial charge in [-0.3, -0.25) is 4.79 Å². The van der Waals surface area contributed by atoms with Gasteiger partial charge < -0.3 is 10.1 Å². The van der Waals surface area contributed by atoms with Crippen LogP contribution in [0.3, 0.4) is 0 Å². The van der Waals surface area contributed by atoms with Crippen LogP contribution in [0.5, 0.6) is 11.6 Å². The van der Waals surface area contributed by atoms with Crippen molar-refractivity contribution in [2.24, 2.45) is 5.92 Å². The third-order valence-corrected chi connectivity index (χ3v) is 5.16. The van der Waals surface area contributed by atoms with Crippen LogP contribution in [0.25, 0.3) is 11.3 Å². The molecule has 1 aliphatic rings. The monoisotopic (exact) mass is 388 g/mol. The van der Waals surface area contributed by atoms with Gasteiger partial charge in [0.25, 0.3) is 0 Å². The van der Waals surface area contributed by atoms with Crippen LogP contribution in [0.15, 0.2) is 61.2 Å². The molecule has 0 atom stereocenters. The first-order chi connectivity index (χ1) is 14.3. The van der Waals surface area contributed by atoms with E-state index in [0.29, 0.717) is 24.0 Å². The first-order valence-electron chi connectivity index (χ1n) is 10.1. The molecule has 1 fully saturated rings. The number of carbonyl (C=O) groups is 1. The Morgan fingerprint density at radius 1 is 1.03 bits per heavy atom. The fourth-order valence-corrected chi connectivity index (χ4v) is 3.73. The van der Waals surface area contributed by atoms with Gasteiger partial charge in [0.1, 0.15) is 12.1 Å². The van der Waals surface area contributed by atoms with Gasteiger partial charge in [0.2, 0.25) is 11.8 Å². The molecule has 2 heterocycles. The van der Waals surface area contributed by atoms with Gasteiger partial charge in [-0.15, -0.1) is 0 Å². The van der Waals surface area contributed by atoms with Crippen molar-refractivity contribution in [1.29, 1.82) is 0 Å². The molecule has 6 nitrogen and oxygen atoms in total. The van der Waals surface area contributed by atoms with Crippen LogP contribution < -0.4 is 10.1 Å². The lowest BCUT2D eigenvalue weighted by molar-refractivity contribution is -0.117. The molecule has 148 valence electrons. The maximum Gasteiger partial charge on any atom is 0.228 e. The maximum atomic E-state index is 12.4. The average Bonchev–Trinajstić information content (AvgIpc) is 2.76. The van der Waals surface area contributed by atoms with Crippen molar-refractivity contribution >= 4 is 11.6 Å². The molecule has 4 rings (SSSR count). The smallest absolute Gasteiger partial charge is 0.228 e. The summed E-state index contributed by atoms with van der Waals surface area (Å²) in [5.74, 6) is 1.63. The van der Waals surface area contributed by atoms with Crippen LogP contribution in [0.4, 0.5) is 5.69 Å². The Balaban J connectivity index is 1.45. The van der Waals surface area contributed by atoms with E-state index in [2.05, 4.69) is 20.3 Å². The molecule has 29 heavy (non-hydrogen) atoms. The number of nitrogens with zero attached hydrogens (tertiary/aromatic N) is 3. The SMILES string of the molecule is O=C(CC1CCCCC1)Nc1cccc(Oc2ncccc2-c2ccncn2)c1. The molecule has 0 spiro atoms.